The smallest absolute Gasteiger partial charge is 0.243 e. The van der Waals surface area contributed by atoms with Gasteiger partial charge in [-0.2, -0.15) is 4.31 Å². The Bertz CT molecular complexity index is 983. The number of sulfonamides is 1. The summed E-state index contributed by atoms with van der Waals surface area (Å²) in [5, 5.41) is 2.73. The average Bonchev–Trinajstić information content (AvgIpc) is 2.70. The quantitative estimate of drug-likeness (QED) is 0.762. The fraction of sp³-hybridized carbons (Fsp3) is 0.409. The molecule has 0 atom stereocenters. The lowest BCUT2D eigenvalue weighted by Crippen LogP contribution is -2.38. The van der Waals surface area contributed by atoms with Crippen LogP contribution in [0.15, 0.2) is 47.4 Å². The molecule has 0 aromatic heterocycles. The van der Waals surface area contributed by atoms with Crippen LogP contribution < -0.4 is 5.32 Å². The number of nitrogens with one attached hydrogen (secondary N) is 1. The Morgan fingerprint density at radius 2 is 1.79 bits per heavy atom. The molecular formula is C22H27FN2O3S. The Labute approximate surface area is 172 Å². The number of carbonyl (C=O) groups is 1. The Morgan fingerprint density at radius 1 is 1.10 bits per heavy atom. The Morgan fingerprint density at radius 3 is 2.45 bits per heavy atom. The molecule has 7 heteroatoms. The number of benzene rings is 2. The van der Waals surface area contributed by atoms with E-state index in [4.69, 9.17) is 0 Å². The first-order valence-electron chi connectivity index (χ1n) is 9.89. The number of aryl methyl sites for hydroxylation is 2. The number of carbonyl (C=O) groups excluding carboxylic acids is 1. The van der Waals surface area contributed by atoms with Gasteiger partial charge in [0.15, 0.2) is 0 Å². The van der Waals surface area contributed by atoms with Crippen LogP contribution in [0.3, 0.4) is 0 Å². The third kappa shape index (κ3) is 5.22. The van der Waals surface area contributed by atoms with Gasteiger partial charge < -0.3 is 5.32 Å². The highest BCUT2D eigenvalue weighted by Crippen LogP contribution is 2.27. The molecule has 2 aromatic carbocycles. The molecule has 29 heavy (non-hydrogen) atoms. The zero-order valence-corrected chi connectivity index (χ0v) is 17.6. The minimum atomic E-state index is -3.48. The van der Waals surface area contributed by atoms with Crippen LogP contribution in [-0.2, 0) is 14.8 Å². The van der Waals surface area contributed by atoms with Gasteiger partial charge >= 0.3 is 0 Å². The van der Waals surface area contributed by atoms with Gasteiger partial charge in [-0.25, -0.2) is 12.8 Å². The lowest BCUT2D eigenvalue weighted by atomic mass is 9.93. The van der Waals surface area contributed by atoms with E-state index in [1.54, 1.807) is 48.5 Å². The van der Waals surface area contributed by atoms with Crippen molar-refractivity contribution in [2.24, 2.45) is 5.92 Å². The highest BCUT2D eigenvalue weighted by Gasteiger charge is 2.30. The minimum absolute atomic E-state index is 0.150. The first-order chi connectivity index (χ1) is 13.8. The molecule has 0 spiro atoms. The van der Waals surface area contributed by atoms with E-state index >= 15 is 0 Å². The van der Waals surface area contributed by atoms with Gasteiger partial charge in [-0.1, -0.05) is 24.3 Å². The molecule has 3 rings (SSSR count). The second-order valence-corrected chi connectivity index (χ2v) is 9.57. The molecule has 1 aliphatic rings. The lowest BCUT2D eigenvalue weighted by Gasteiger charge is -2.31. The number of halogens is 1. The van der Waals surface area contributed by atoms with Crippen molar-refractivity contribution >= 4 is 21.6 Å². The van der Waals surface area contributed by atoms with Crippen LogP contribution in [-0.4, -0.2) is 31.7 Å². The van der Waals surface area contributed by atoms with Crippen molar-refractivity contribution in [3.05, 3.63) is 59.4 Å². The summed E-state index contributed by atoms with van der Waals surface area (Å²) in [6.07, 6.45) is 2.50. The van der Waals surface area contributed by atoms with Crippen LogP contribution in [0.4, 0.5) is 10.1 Å². The number of rotatable bonds is 6. The SMILES string of the molecule is Cc1ccc(NC(=O)CCC2CCN(S(=O)(=O)c3ccccc3C)CC2)cc1F. The van der Waals surface area contributed by atoms with Crippen molar-refractivity contribution in [1.82, 2.24) is 4.31 Å². The summed E-state index contributed by atoms with van der Waals surface area (Å²) < 4.78 is 40.9. The molecular weight excluding hydrogens is 391 g/mol. The van der Waals surface area contributed by atoms with Gasteiger partial charge in [0.25, 0.3) is 0 Å². The van der Waals surface area contributed by atoms with Crippen LogP contribution in [0.25, 0.3) is 0 Å². The van der Waals surface area contributed by atoms with Gasteiger partial charge in [-0.05, 0) is 68.4 Å². The Kier molecular flexibility index (Phi) is 6.70. The molecule has 2 aromatic rings. The summed E-state index contributed by atoms with van der Waals surface area (Å²) in [6, 6.07) is 11.7. The van der Waals surface area contributed by atoms with Gasteiger partial charge in [0.05, 0.1) is 4.90 Å². The molecule has 1 aliphatic heterocycles. The van der Waals surface area contributed by atoms with E-state index in [1.165, 1.54) is 6.07 Å². The minimum Gasteiger partial charge on any atom is -0.326 e. The van der Waals surface area contributed by atoms with Crippen molar-refractivity contribution in [1.29, 1.82) is 0 Å². The van der Waals surface area contributed by atoms with E-state index in [-0.39, 0.29) is 11.7 Å². The van der Waals surface area contributed by atoms with Crippen LogP contribution in [0.1, 0.15) is 36.8 Å². The van der Waals surface area contributed by atoms with Crippen molar-refractivity contribution in [2.75, 3.05) is 18.4 Å². The van der Waals surface area contributed by atoms with Gasteiger partial charge in [0.2, 0.25) is 15.9 Å². The molecule has 1 saturated heterocycles. The number of piperidine rings is 1. The second-order valence-electron chi connectivity index (χ2n) is 7.66. The zero-order valence-electron chi connectivity index (χ0n) is 16.8. The second kappa shape index (κ2) is 9.05. The Balaban J connectivity index is 1.49. The zero-order chi connectivity index (χ0) is 21.0. The summed E-state index contributed by atoms with van der Waals surface area (Å²) >= 11 is 0. The number of nitrogens with zero attached hydrogens (tertiary/aromatic N) is 1. The number of hydrogen-bond acceptors (Lipinski definition) is 3. The summed E-state index contributed by atoms with van der Waals surface area (Å²) in [7, 11) is -3.48. The van der Waals surface area contributed by atoms with Crippen molar-refractivity contribution in [3.8, 4) is 0 Å². The topological polar surface area (TPSA) is 66.5 Å². The molecule has 1 fully saturated rings. The largest absolute Gasteiger partial charge is 0.326 e. The maximum Gasteiger partial charge on any atom is 0.243 e. The fourth-order valence-corrected chi connectivity index (χ4v) is 5.35. The molecule has 0 bridgehead atoms. The van der Waals surface area contributed by atoms with E-state index in [2.05, 4.69) is 5.32 Å². The third-order valence-electron chi connectivity index (χ3n) is 5.52. The van der Waals surface area contributed by atoms with E-state index in [9.17, 15) is 17.6 Å². The van der Waals surface area contributed by atoms with Crippen LogP contribution in [0, 0.1) is 25.6 Å². The van der Waals surface area contributed by atoms with E-state index in [0.717, 1.165) is 18.4 Å². The predicted octanol–water partition coefficient (Wildman–Crippen LogP) is 4.26. The number of hydrogen-bond donors (Lipinski definition) is 1. The van der Waals surface area contributed by atoms with Crippen molar-refractivity contribution in [2.45, 2.75) is 44.4 Å². The molecule has 1 amide bonds. The van der Waals surface area contributed by atoms with Crippen LogP contribution in [0.2, 0.25) is 0 Å². The van der Waals surface area contributed by atoms with E-state index in [1.807, 2.05) is 6.07 Å². The normalized spacial score (nSPS) is 16.0. The standard InChI is InChI=1S/C22H27FN2O3S/c1-16-7-9-19(15-20(16)23)24-22(26)10-8-18-11-13-25(14-12-18)29(27,28)21-6-4-3-5-17(21)2/h3-7,9,15,18H,8,10-14H2,1-2H3,(H,24,26). The van der Waals surface area contributed by atoms with E-state index in [0.29, 0.717) is 48.0 Å². The van der Waals surface area contributed by atoms with Crippen LogP contribution in [0.5, 0.6) is 0 Å². The summed E-state index contributed by atoms with van der Waals surface area (Å²) in [6.45, 7) is 4.41. The fourth-order valence-electron chi connectivity index (χ4n) is 3.65. The highest BCUT2D eigenvalue weighted by atomic mass is 32.2. The first kappa shape index (κ1) is 21.5. The van der Waals surface area contributed by atoms with Crippen molar-refractivity contribution in [3.63, 3.8) is 0 Å². The molecule has 0 saturated carbocycles. The molecule has 156 valence electrons. The predicted molar refractivity (Wildman–Crippen MR) is 112 cm³/mol. The average molecular weight is 419 g/mol. The summed E-state index contributed by atoms with van der Waals surface area (Å²) in [5.41, 5.74) is 1.74. The van der Waals surface area contributed by atoms with Gasteiger partial charge in [-0.15, -0.1) is 0 Å². The maximum atomic E-state index is 13.6. The molecule has 0 radical (unpaired) electrons. The highest BCUT2D eigenvalue weighted by molar-refractivity contribution is 7.89. The Hall–Kier alpha value is -2.25. The summed E-state index contributed by atoms with van der Waals surface area (Å²) in [4.78, 5) is 12.5. The molecule has 0 unspecified atom stereocenters. The molecule has 1 heterocycles. The maximum absolute atomic E-state index is 13.6. The lowest BCUT2D eigenvalue weighted by molar-refractivity contribution is -0.116. The third-order valence-corrected chi connectivity index (χ3v) is 7.58. The number of anilines is 1. The van der Waals surface area contributed by atoms with Gasteiger partial charge in [0, 0.05) is 25.2 Å². The molecule has 1 N–H and O–H groups in total. The number of amides is 1. The monoisotopic (exact) mass is 418 g/mol. The van der Waals surface area contributed by atoms with Crippen LogP contribution >= 0.6 is 0 Å². The van der Waals surface area contributed by atoms with Crippen molar-refractivity contribution < 1.29 is 17.6 Å². The van der Waals surface area contributed by atoms with Gasteiger partial charge in [-0.3, -0.25) is 4.79 Å². The van der Waals surface area contributed by atoms with E-state index < -0.39 is 10.0 Å². The van der Waals surface area contributed by atoms with Gasteiger partial charge in [0.1, 0.15) is 5.82 Å². The first-order valence-corrected chi connectivity index (χ1v) is 11.3. The summed E-state index contributed by atoms with van der Waals surface area (Å²) in [5.74, 6) is -0.188. The molecule has 0 aliphatic carbocycles. The molecule has 5 nitrogen and oxygen atoms in total.